The van der Waals surface area contributed by atoms with Gasteiger partial charge in [0.05, 0.1) is 0 Å². The van der Waals surface area contributed by atoms with Crippen LogP contribution in [0.2, 0.25) is 0 Å². The number of hydrogen-bond acceptors (Lipinski definition) is 0. The van der Waals surface area contributed by atoms with Crippen molar-refractivity contribution in [2.24, 2.45) is 11.8 Å². The van der Waals surface area contributed by atoms with Crippen LogP contribution in [0.1, 0.15) is 122 Å². The number of fused-ring (bicyclic) bond motifs is 10. The van der Waals surface area contributed by atoms with Crippen molar-refractivity contribution in [3.63, 3.8) is 0 Å². The Kier molecular flexibility index (Phi) is 9.63. The van der Waals surface area contributed by atoms with Crippen molar-refractivity contribution in [2.45, 2.75) is 88.9 Å². The maximum absolute atomic E-state index is 2.46. The molecule has 9 aliphatic carbocycles. The summed E-state index contributed by atoms with van der Waals surface area (Å²) in [4.78, 5) is 0. The first-order valence-electron chi connectivity index (χ1n) is 28.9. The summed E-state index contributed by atoms with van der Waals surface area (Å²) in [5.41, 5.74) is 37.7. The molecule has 9 aliphatic rings. The number of rotatable bonds is 6. The van der Waals surface area contributed by atoms with Crippen molar-refractivity contribution >= 4 is 43.8 Å². The molecular formula is C76H60. The summed E-state index contributed by atoms with van der Waals surface area (Å²) in [5, 5.41) is 5.61. The van der Waals surface area contributed by atoms with Gasteiger partial charge < -0.3 is 0 Å². The lowest BCUT2D eigenvalue weighted by atomic mass is 9.54. The highest BCUT2D eigenvalue weighted by Gasteiger charge is 2.54. The molecule has 76 heavy (non-hydrogen) atoms. The van der Waals surface area contributed by atoms with Crippen LogP contribution in [0.25, 0.3) is 88.3 Å². The molecule has 0 heterocycles. The van der Waals surface area contributed by atoms with Gasteiger partial charge in [-0.3, -0.25) is 0 Å². The first kappa shape index (κ1) is 43.4. The van der Waals surface area contributed by atoms with E-state index in [4.69, 9.17) is 0 Å². The minimum Gasteiger partial charge on any atom is -0.0842 e. The average molecular weight is 973 g/mol. The lowest BCUT2D eigenvalue weighted by molar-refractivity contribution is 0.329. The predicted molar refractivity (Wildman–Crippen MR) is 320 cm³/mol. The van der Waals surface area contributed by atoms with Gasteiger partial charge in [0.15, 0.2) is 0 Å². The summed E-state index contributed by atoms with van der Waals surface area (Å²) in [5.74, 6) is 1.93. The first-order chi connectivity index (χ1) is 37.8. The fourth-order valence-electron chi connectivity index (χ4n) is 17.4. The van der Waals surface area contributed by atoms with Gasteiger partial charge in [0.2, 0.25) is 0 Å². The van der Waals surface area contributed by atoms with Crippen LogP contribution in [0.5, 0.6) is 0 Å². The summed E-state index contributed by atoms with van der Waals surface area (Å²) in [7, 11) is 0. The Balaban J connectivity index is 0.911. The summed E-state index contributed by atoms with van der Waals surface area (Å²) < 4.78 is 0. The zero-order chi connectivity index (χ0) is 49.6. The minimum absolute atomic E-state index is 0.403. The standard InChI is InChI=1S/C76H60/c1-5-21-45(22-6-1)49-29-13-15-31-51(49)69-55-35-19-17-33-53(55)65(47-25-9-3-10-26-47)73-61-41-37-57-60-40-44-64-72-62(42-38-58(68(60)72)59-39-43-63(75(69)73)71(61)67(57)59)74-66(48-27-11-4-12-28-48)54-34-18-20-36-56(54)70(76(64)74)52-32-16-14-30-50(52)46-23-7-2-8-24-46/h1-5,7,9-21,23,25-36,57,60-62H,6,8,22,24,37-44H2. The fourth-order valence-corrected chi connectivity index (χ4v) is 17.4. The van der Waals surface area contributed by atoms with Crippen molar-refractivity contribution in [1.82, 2.24) is 0 Å². The molecule has 4 atom stereocenters. The molecule has 17 rings (SSSR count). The molecule has 0 aromatic heterocycles. The molecular weight excluding hydrogens is 913 g/mol. The third-order valence-corrected chi connectivity index (χ3v) is 20.0. The molecule has 0 heteroatoms. The Morgan fingerprint density at radius 1 is 0.289 bits per heavy atom. The molecule has 0 saturated heterocycles. The minimum atomic E-state index is 0.403. The van der Waals surface area contributed by atoms with Crippen LogP contribution in [-0.4, -0.2) is 0 Å². The topological polar surface area (TPSA) is 0 Å². The van der Waals surface area contributed by atoms with Gasteiger partial charge in [-0.05, 0) is 244 Å². The largest absolute Gasteiger partial charge is 0.0842 e. The van der Waals surface area contributed by atoms with Gasteiger partial charge >= 0.3 is 0 Å². The fraction of sp³-hybridized carbons (Fsp3) is 0.211. The lowest BCUT2D eigenvalue weighted by Gasteiger charge is -2.50. The van der Waals surface area contributed by atoms with E-state index in [0.717, 1.165) is 44.9 Å². The zero-order valence-electron chi connectivity index (χ0n) is 43.3. The van der Waals surface area contributed by atoms with Crippen molar-refractivity contribution in [3.05, 3.63) is 261 Å². The van der Waals surface area contributed by atoms with Crippen LogP contribution < -0.4 is 0 Å². The molecule has 8 aromatic rings. The molecule has 0 aliphatic heterocycles. The Morgan fingerprint density at radius 2 is 0.697 bits per heavy atom. The molecule has 8 aromatic carbocycles. The Bertz CT molecular complexity index is 3950. The second kappa shape index (κ2) is 16.9. The maximum atomic E-state index is 2.46. The van der Waals surface area contributed by atoms with E-state index in [1.165, 1.54) is 120 Å². The molecule has 0 spiro atoms. The highest BCUT2D eigenvalue weighted by molar-refractivity contribution is 6.16. The number of benzene rings is 8. The Hall–Kier alpha value is -7.80. The average Bonchev–Trinajstić information content (AvgIpc) is 3.94. The Morgan fingerprint density at radius 3 is 1.21 bits per heavy atom. The molecule has 0 nitrogen and oxygen atoms in total. The predicted octanol–water partition coefficient (Wildman–Crippen LogP) is 20.5. The first-order valence-corrected chi connectivity index (χ1v) is 28.9. The molecule has 364 valence electrons. The van der Waals surface area contributed by atoms with Crippen LogP contribution in [0, 0.1) is 11.8 Å². The van der Waals surface area contributed by atoms with Gasteiger partial charge in [0.1, 0.15) is 0 Å². The van der Waals surface area contributed by atoms with Crippen molar-refractivity contribution in [3.8, 4) is 44.5 Å². The van der Waals surface area contributed by atoms with Gasteiger partial charge in [0.25, 0.3) is 0 Å². The highest BCUT2D eigenvalue weighted by atomic mass is 14.6. The quantitative estimate of drug-likeness (QED) is 0.156. The number of allylic oxidation sites excluding steroid dienone is 16. The Labute approximate surface area is 447 Å². The summed E-state index contributed by atoms with van der Waals surface area (Å²) in [6.07, 6.45) is 27.9. The lowest BCUT2D eigenvalue weighted by Crippen LogP contribution is -2.36. The van der Waals surface area contributed by atoms with E-state index in [1.807, 2.05) is 0 Å². The number of hydrogen-bond donors (Lipinski definition) is 0. The van der Waals surface area contributed by atoms with Crippen molar-refractivity contribution < 1.29 is 0 Å². The second-order valence-electron chi connectivity index (χ2n) is 23.4. The molecule has 1 saturated carbocycles. The van der Waals surface area contributed by atoms with Gasteiger partial charge in [-0.1, -0.05) is 194 Å². The molecule has 4 unspecified atom stereocenters. The molecule has 0 N–H and O–H groups in total. The smallest absolute Gasteiger partial charge is 0.0111 e. The van der Waals surface area contributed by atoms with Gasteiger partial charge in [-0.2, -0.15) is 0 Å². The summed E-state index contributed by atoms with van der Waals surface area (Å²) >= 11 is 0. The van der Waals surface area contributed by atoms with Crippen LogP contribution in [0.4, 0.5) is 0 Å². The SMILES string of the molecule is C1=CCCC(c2ccccc2-c2c3c(c(-c4ccccc4)c4ccccc24)C2CCC4=C5C2=C3CCC5C2CCC3C5=C(CCC4=C52)c2c3c(-c3ccccc3)c3ccccc3c2-c2ccccc2C2=CC=CCC2)=C1. The van der Waals surface area contributed by atoms with E-state index in [0.29, 0.717) is 23.7 Å². The van der Waals surface area contributed by atoms with Crippen LogP contribution in [-0.2, 0) is 0 Å². The molecule has 0 bridgehead atoms. The van der Waals surface area contributed by atoms with E-state index in [9.17, 15) is 0 Å². The van der Waals surface area contributed by atoms with Crippen molar-refractivity contribution in [1.29, 1.82) is 0 Å². The van der Waals surface area contributed by atoms with Crippen molar-refractivity contribution in [2.75, 3.05) is 0 Å². The summed E-state index contributed by atoms with van der Waals surface area (Å²) in [6, 6.07) is 61.0. The van der Waals surface area contributed by atoms with Gasteiger partial charge in [0, 0.05) is 11.8 Å². The highest BCUT2D eigenvalue weighted by Crippen LogP contribution is 2.71. The maximum Gasteiger partial charge on any atom is 0.0111 e. The third kappa shape index (κ3) is 6.02. The van der Waals surface area contributed by atoms with Crippen LogP contribution >= 0.6 is 0 Å². The molecule has 0 amide bonds. The molecule has 0 radical (unpaired) electrons. The third-order valence-electron chi connectivity index (χ3n) is 20.0. The van der Waals surface area contributed by atoms with E-state index >= 15 is 0 Å². The monoisotopic (exact) mass is 972 g/mol. The van der Waals surface area contributed by atoms with E-state index in [1.54, 1.807) is 66.8 Å². The van der Waals surface area contributed by atoms with E-state index in [-0.39, 0.29) is 0 Å². The zero-order valence-corrected chi connectivity index (χ0v) is 43.3. The molecule has 1 fully saturated rings. The van der Waals surface area contributed by atoms with Gasteiger partial charge in [-0.15, -0.1) is 0 Å². The van der Waals surface area contributed by atoms with E-state index in [2.05, 4.69) is 194 Å². The normalized spacial score (nSPS) is 22.5. The second-order valence-corrected chi connectivity index (χ2v) is 23.4. The van der Waals surface area contributed by atoms with Crippen LogP contribution in [0.15, 0.2) is 228 Å². The van der Waals surface area contributed by atoms with Crippen LogP contribution in [0.3, 0.4) is 0 Å². The summed E-state index contributed by atoms with van der Waals surface area (Å²) in [6.45, 7) is 0. The van der Waals surface area contributed by atoms with E-state index < -0.39 is 0 Å². The van der Waals surface area contributed by atoms with Gasteiger partial charge in [-0.25, -0.2) is 0 Å².